The number of carbonyl (C=O) groups excluding carboxylic acids is 2. The molecule has 4 heteroatoms. The normalized spacial score (nSPS) is 33.7. The Kier molecular flexibility index (Phi) is 3.91. The molecule has 1 saturated heterocycles. The molecule has 60 valence electrons. The minimum Gasteiger partial charge on any atom is -0.595 e. The zero-order valence-electron chi connectivity index (χ0n) is 7.25. The number of fused-ring (bicyclic) bond motifs is 1. The largest absolute Gasteiger partial charge is 1.00 e. The van der Waals surface area contributed by atoms with Gasteiger partial charge in [-0.3, -0.25) is 0 Å². The maximum Gasteiger partial charge on any atom is 1.00 e. The molecule has 2 fully saturated rings. The summed E-state index contributed by atoms with van der Waals surface area (Å²) in [5, 5.41) is 3.46. The molecule has 2 rings (SSSR count). The number of hydrogen-bond donors (Lipinski definition) is 0. The quantitative estimate of drug-likeness (QED) is 0.336. The van der Waals surface area contributed by atoms with Crippen molar-refractivity contribution in [2.45, 2.75) is 25.7 Å². The summed E-state index contributed by atoms with van der Waals surface area (Å²) >= 11 is 0. The van der Waals surface area contributed by atoms with E-state index in [0.717, 1.165) is 25.7 Å². The van der Waals surface area contributed by atoms with E-state index in [2.05, 4.69) is 5.32 Å². The second kappa shape index (κ2) is 4.33. The first-order valence-electron chi connectivity index (χ1n) is 4.08. The number of rotatable bonds is 0. The van der Waals surface area contributed by atoms with Gasteiger partial charge >= 0.3 is 51.4 Å². The van der Waals surface area contributed by atoms with Crippen molar-refractivity contribution in [2.75, 3.05) is 0 Å². The summed E-state index contributed by atoms with van der Waals surface area (Å²) in [6, 6.07) is 0. The van der Waals surface area contributed by atoms with E-state index in [1.54, 1.807) is 0 Å². The third-order valence-corrected chi connectivity index (χ3v) is 2.62. The summed E-state index contributed by atoms with van der Waals surface area (Å²) in [4.78, 5) is 22.1. The second-order valence-corrected chi connectivity index (χ2v) is 3.29. The molecule has 1 heterocycles. The molecule has 2 amide bonds. The van der Waals surface area contributed by atoms with Gasteiger partial charge in [0, 0.05) is 11.8 Å². The van der Waals surface area contributed by atoms with Crippen LogP contribution in [-0.4, -0.2) is 11.8 Å². The molecule has 0 radical (unpaired) electrons. The standard InChI is InChI=1S/C8H11NO2.K/c10-7-5-3-1-2-4-6(5)8(11)9-7;/h5-6H,1-4H2,(H,9,10,11);/q;+1/p-1/t5-,6+;. The van der Waals surface area contributed by atoms with Crippen LogP contribution >= 0.6 is 0 Å². The van der Waals surface area contributed by atoms with Gasteiger partial charge in [0.2, 0.25) is 0 Å². The first-order chi connectivity index (χ1) is 5.29. The zero-order chi connectivity index (χ0) is 7.84. The zero-order valence-corrected chi connectivity index (χ0v) is 10.4. The molecular weight excluding hydrogens is 181 g/mol. The molecule has 2 atom stereocenters. The van der Waals surface area contributed by atoms with Crippen molar-refractivity contribution in [3.05, 3.63) is 5.32 Å². The van der Waals surface area contributed by atoms with Crippen LogP contribution in [0.25, 0.3) is 5.32 Å². The average Bonchev–Trinajstić information content (AvgIpc) is 2.30. The number of nitrogens with zero attached hydrogens (tertiary/aromatic N) is 1. The predicted octanol–water partition coefficient (Wildman–Crippen LogP) is -1.76. The van der Waals surface area contributed by atoms with Crippen molar-refractivity contribution in [1.29, 1.82) is 0 Å². The van der Waals surface area contributed by atoms with Gasteiger partial charge in [0.25, 0.3) is 0 Å². The van der Waals surface area contributed by atoms with E-state index in [9.17, 15) is 9.59 Å². The summed E-state index contributed by atoms with van der Waals surface area (Å²) in [5.74, 6) is -0.424. The predicted molar refractivity (Wildman–Crippen MR) is 38.8 cm³/mol. The molecule has 1 aliphatic heterocycles. The number of carbonyl (C=O) groups is 2. The van der Waals surface area contributed by atoms with Crippen LogP contribution in [0.3, 0.4) is 0 Å². The third kappa shape index (κ3) is 1.82. The summed E-state index contributed by atoms with van der Waals surface area (Å²) in [7, 11) is 0. The van der Waals surface area contributed by atoms with Crippen LogP contribution in [0.5, 0.6) is 0 Å². The molecular formula is C8H10KNO2. The number of imide groups is 1. The summed E-state index contributed by atoms with van der Waals surface area (Å²) in [6.45, 7) is 0. The van der Waals surface area contributed by atoms with Gasteiger partial charge < -0.3 is 14.9 Å². The van der Waals surface area contributed by atoms with Crippen LogP contribution in [-0.2, 0) is 9.59 Å². The molecule has 0 aromatic heterocycles. The Morgan fingerprint density at radius 1 is 1.00 bits per heavy atom. The molecule has 1 aliphatic carbocycles. The average molecular weight is 191 g/mol. The number of hydrogen-bond acceptors (Lipinski definition) is 2. The molecule has 0 unspecified atom stereocenters. The van der Waals surface area contributed by atoms with Crippen LogP contribution in [0.15, 0.2) is 0 Å². The van der Waals surface area contributed by atoms with Gasteiger partial charge in [-0.2, -0.15) is 0 Å². The van der Waals surface area contributed by atoms with Crippen molar-refractivity contribution < 1.29 is 61.0 Å². The molecule has 3 nitrogen and oxygen atoms in total. The van der Waals surface area contributed by atoms with Gasteiger partial charge in [-0.15, -0.1) is 0 Å². The molecule has 0 bridgehead atoms. The van der Waals surface area contributed by atoms with Crippen LogP contribution in [0, 0.1) is 11.8 Å². The summed E-state index contributed by atoms with van der Waals surface area (Å²) < 4.78 is 0. The van der Waals surface area contributed by atoms with Crippen molar-refractivity contribution >= 4 is 11.8 Å². The smallest absolute Gasteiger partial charge is 0.595 e. The molecule has 0 spiro atoms. The van der Waals surface area contributed by atoms with Crippen LogP contribution in [0.1, 0.15) is 25.7 Å². The Hall–Kier alpha value is 0.776. The molecule has 1 saturated carbocycles. The van der Waals surface area contributed by atoms with E-state index in [1.807, 2.05) is 0 Å². The van der Waals surface area contributed by atoms with E-state index in [1.165, 1.54) is 0 Å². The van der Waals surface area contributed by atoms with E-state index < -0.39 is 0 Å². The van der Waals surface area contributed by atoms with Crippen molar-refractivity contribution in [3.63, 3.8) is 0 Å². The second-order valence-electron chi connectivity index (χ2n) is 3.29. The monoisotopic (exact) mass is 191 g/mol. The maximum absolute atomic E-state index is 11.0. The SMILES string of the molecule is O=C1[N-]C(=O)[C@@H]2CCCC[C@H]12.[K+]. The van der Waals surface area contributed by atoms with Crippen molar-refractivity contribution in [3.8, 4) is 0 Å². The third-order valence-electron chi connectivity index (χ3n) is 2.62. The molecule has 0 aromatic rings. The topological polar surface area (TPSA) is 48.2 Å². The minimum atomic E-state index is -0.167. The summed E-state index contributed by atoms with van der Waals surface area (Å²) in [5.41, 5.74) is 0. The van der Waals surface area contributed by atoms with E-state index in [4.69, 9.17) is 0 Å². The number of amides is 2. The first kappa shape index (κ1) is 10.9. The van der Waals surface area contributed by atoms with Gasteiger partial charge in [0.15, 0.2) is 0 Å². The Bertz CT molecular complexity index is 195. The van der Waals surface area contributed by atoms with E-state index in [0.29, 0.717) is 0 Å². The van der Waals surface area contributed by atoms with Gasteiger partial charge in [0.1, 0.15) is 0 Å². The Labute approximate surface area is 114 Å². The maximum atomic E-state index is 11.0. The Morgan fingerprint density at radius 3 is 1.83 bits per heavy atom. The van der Waals surface area contributed by atoms with Gasteiger partial charge in [-0.25, -0.2) is 0 Å². The van der Waals surface area contributed by atoms with Gasteiger partial charge in [-0.05, 0) is 12.8 Å². The van der Waals surface area contributed by atoms with E-state index in [-0.39, 0.29) is 75.0 Å². The first-order valence-corrected chi connectivity index (χ1v) is 4.08. The fourth-order valence-electron chi connectivity index (χ4n) is 2.00. The van der Waals surface area contributed by atoms with Crippen molar-refractivity contribution in [1.82, 2.24) is 0 Å². The summed E-state index contributed by atoms with van der Waals surface area (Å²) in [6.07, 6.45) is 3.91. The minimum absolute atomic E-state index is 0. The Morgan fingerprint density at radius 2 is 1.42 bits per heavy atom. The fraction of sp³-hybridized carbons (Fsp3) is 0.750. The van der Waals surface area contributed by atoms with E-state index >= 15 is 0 Å². The Balaban J connectivity index is 0.000000720. The van der Waals surface area contributed by atoms with Crippen molar-refractivity contribution in [2.24, 2.45) is 11.8 Å². The molecule has 0 aromatic carbocycles. The van der Waals surface area contributed by atoms with Crippen LogP contribution in [0.2, 0.25) is 0 Å². The van der Waals surface area contributed by atoms with Gasteiger partial charge in [-0.1, -0.05) is 12.8 Å². The fourth-order valence-corrected chi connectivity index (χ4v) is 2.00. The van der Waals surface area contributed by atoms with Crippen LogP contribution < -0.4 is 51.4 Å². The molecule has 12 heavy (non-hydrogen) atoms. The van der Waals surface area contributed by atoms with Crippen LogP contribution in [0.4, 0.5) is 0 Å². The molecule has 2 aliphatic rings. The molecule has 0 N–H and O–H groups in total. The van der Waals surface area contributed by atoms with Gasteiger partial charge in [0.05, 0.1) is 11.8 Å².